The van der Waals surface area contributed by atoms with E-state index in [0.29, 0.717) is 17.7 Å². The van der Waals surface area contributed by atoms with E-state index in [4.69, 9.17) is 9.84 Å². The second-order valence-corrected chi connectivity index (χ2v) is 7.28. The van der Waals surface area contributed by atoms with Gasteiger partial charge in [-0.15, -0.1) is 0 Å². The van der Waals surface area contributed by atoms with E-state index in [9.17, 15) is 9.90 Å². The minimum absolute atomic E-state index is 0.272. The largest absolute Gasteiger partial charge is 0.478 e. The zero-order valence-corrected chi connectivity index (χ0v) is 17.7. The summed E-state index contributed by atoms with van der Waals surface area (Å²) in [5.74, 6) is -0.936. The summed E-state index contributed by atoms with van der Waals surface area (Å²) in [6.07, 6.45) is 6.44. The summed E-state index contributed by atoms with van der Waals surface area (Å²) in [7, 11) is 1.61. The summed E-state index contributed by atoms with van der Waals surface area (Å²) in [5, 5.41) is 14.3. The van der Waals surface area contributed by atoms with E-state index < -0.39 is 5.97 Å². The summed E-state index contributed by atoms with van der Waals surface area (Å²) in [5.41, 5.74) is 5.49. The molecule has 28 heavy (non-hydrogen) atoms. The maximum atomic E-state index is 11.7. The molecule has 0 aliphatic rings. The quantitative estimate of drug-likeness (QED) is 0.533. The molecule has 146 valence electrons. The minimum atomic E-state index is -0.936. The number of hydrogen-bond donors (Lipinski definition) is 1. The molecule has 0 amide bonds. The highest BCUT2D eigenvalue weighted by Gasteiger charge is 2.19. The third-order valence-corrected chi connectivity index (χ3v) is 5.04. The van der Waals surface area contributed by atoms with Crippen LogP contribution in [0.2, 0.25) is 0 Å². The fourth-order valence-corrected chi connectivity index (χ4v) is 3.61. The van der Waals surface area contributed by atoms with Crippen molar-refractivity contribution >= 4 is 33.5 Å². The van der Waals surface area contributed by atoms with E-state index >= 15 is 0 Å². The highest BCUT2D eigenvalue weighted by Crippen LogP contribution is 2.34. The van der Waals surface area contributed by atoms with Gasteiger partial charge < -0.3 is 9.84 Å². The Morgan fingerprint density at radius 1 is 1.32 bits per heavy atom. The maximum absolute atomic E-state index is 11.7. The smallest absolute Gasteiger partial charge is 0.331 e. The van der Waals surface area contributed by atoms with Crippen LogP contribution in [-0.4, -0.2) is 32.8 Å². The van der Waals surface area contributed by atoms with Crippen LogP contribution >= 0.6 is 15.9 Å². The van der Waals surface area contributed by atoms with Gasteiger partial charge in [0.25, 0.3) is 0 Å². The van der Waals surface area contributed by atoms with Crippen LogP contribution in [0.1, 0.15) is 37.2 Å². The van der Waals surface area contributed by atoms with Crippen molar-refractivity contribution < 1.29 is 14.6 Å². The molecule has 3 heterocycles. The minimum Gasteiger partial charge on any atom is -0.478 e. The van der Waals surface area contributed by atoms with E-state index in [2.05, 4.69) is 27.8 Å². The number of carbonyl (C=O) groups is 1. The Hall–Kier alpha value is -2.51. The molecule has 3 rings (SSSR count). The predicted molar refractivity (Wildman–Crippen MR) is 112 cm³/mol. The first kappa shape index (κ1) is 20.2. The van der Waals surface area contributed by atoms with Gasteiger partial charge in [-0.2, -0.15) is 5.10 Å². The number of aryl methyl sites for hydroxylation is 1. The molecule has 0 bridgehead atoms. The third-order valence-electron chi connectivity index (χ3n) is 4.60. The van der Waals surface area contributed by atoms with Crippen molar-refractivity contribution in [2.24, 2.45) is 0 Å². The lowest BCUT2D eigenvalue weighted by atomic mass is 9.97. The number of aliphatic carboxylic acids is 1. The lowest BCUT2D eigenvalue weighted by Crippen LogP contribution is -2.08. The Bertz CT molecular complexity index is 1060. The Labute approximate surface area is 172 Å². The molecule has 0 radical (unpaired) electrons. The van der Waals surface area contributed by atoms with Crippen LogP contribution in [0.15, 0.2) is 40.6 Å². The van der Waals surface area contributed by atoms with Gasteiger partial charge >= 0.3 is 5.97 Å². The fourth-order valence-electron chi connectivity index (χ4n) is 3.24. The summed E-state index contributed by atoms with van der Waals surface area (Å²) >= 11 is 3.48. The molecule has 0 aliphatic heterocycles. The molecule has 0 aliphatic carbocycles. The maximum Gasteiger partial charge on any atom is 0.331 e. The summed E-state index contributed by atoms with van der Waals surface area (Å²) in [6.45, 7) is 4.18. The van der Waals surface area contributed by atoms with Crippen LogP contribution in [-0.2, 0) is 22.6 Å². The van der Waals surface area contributed by atoms with Crippen molar-refractivity contribution in [1.82, 2.24) is 14.6 Å². The first-order valence-corrected chi connectivity index (χ1v) is 9.86. The summed E-state index contributed by atoms with van der Waals surface area (Å²) in [6, 6.07) is 6.03. The van der Waals surface area contributed by atoms with E-state index in [1.165, 1.54) is 0 Å². The van der Waals surface area contributed by atoms with Gasteiger partial charge in [0, 0.05) is 51.9 Å². The SMILES string of the molecule is CCC(=Cc1c(COC)nn2c(CC)ccc2c1-c1cncc(Br)c1)C(=O)O. The summed E-state index contributed by atoms with van der Waals surface area (Å²) in [4.78, 5) is 16.0. The van der Waals surface area contributed by atoms with Gasteiger partial charge in [0.15, 0.2) is 0 Å². The monoisotopic (exact) mass is 443 g/mol. The zero-order chi connectivity index (χ0) is 20.3. The van der Waals surface area contributed by atoms with Gasteiger partial charge in [-0.3, -0.25) is 4.98 Å². The Morgan fingerprint density at radius 2 is 2.11 bits per heavy atom. The number of halogens is 1. The second kappa shape index (κ2) is 8.67. The number of rotatable bonds is 7. The molecule has 0 atom stereocenters. The van der Waals surface area contributed by atoms with Crippen LogP contribution in [0, 0.1) is 0 Å². The van der Waals surface area contributed by atoms with E-state index in [1.54, 1.807) is 25.6 Å². The van der Waals surface area contributed by atoms with Gasteiger partial charge in [0.2, 0.25) is 0 Å². The number of carboxylic acid groups (broad SMARTS) is 1. The topological polar surface area (TPSA) is 76.7 Å². The normalized spacial score (nSPS) is 11.9. The third kappa shape index (κ3) is 3.86. The Morgan fingerprint density at radius 3 is 2.71 bits per heavy atom. The zero-order valence-electron chi connectivity index (χ0n) is 16.1. The van der Waals surface area contributed by atoms with Crippen molar-refractivity contribution in [1.29, 1.82) is 0 Å². The average Bonchev–Trinajstić information content (AvgIpc) is 3.08. The number of aromatic nitrogens is 3. The Kier molecular flexibility index (Phi) is 6.26. The van der Waals surface area contributed by atoms with Crippen LogP contribution < -0.4 is 0 Å². The van der Waals surface area contributed by atoms with E-state index in [0.717, 1.165) is 38.8 Å². The first-order chi connectivity index (χ1) is 13.5. The van der Waals surface area contributed by atoms with Crippen LogP contribution in [0.3, 0.4) is 0 Å². The molecule has 0 saturated heterocycles. The van der Waals surface area contributed by atoms with Crippen molar-refractivity contribution in [3.8, 4) is 11.1 Å². The van der Waals surface area contributed by atoms with Gasteiger partial charge in [0.05, 0.1) is 17.8 Å². The molecule has 6 nitrogen and oxygen atoms in total. The van der Waals surface area contributed by atoms with Crippen LogP contribution in [0.4, 0.5) is 0 Å². The second-order valence-electron chi connectivity index (χ2n) is 6.36. The van der Waals surface area contributed by atoms with Gasteiger partial charge in [0.1, 0.15) is 0 Å². The Balaban J connectivity index is 2.45. The van der Waals surface area contributed by atoms with E-state index in [1.807, 2.05) is 29.6 Å². The number of carboxylic acids is 1. The van der Waals surface area contributed by atoms with E-state index in [-0.39, 0.29) is 6.61 Å². The molecule has 1 N–H and O–H groups in total. The molecular formula is C21H22BrN3O3. The van der Waals surface area contributed by atoms with Crippen molar-refractivity contribution in [2.75, 3.05) is 7.11 Å². The molecule has 3 aromatic heterocycles. The number of hydrogen-bond acceptors (Lipinski definition) is 4. The lowest BCUT2D eigenvalue weighted by Gasteiger charge is -2.16. The number of ether oxygens (including phenoxy) is 1. The molecule has 3 aromatic rings. The summed E-state index contributed by atoms with van der Waals surface area (Å²) < 4.78 is 8.14. The van der Waals surface area contributed by atoms with Crippen LogP contribution in [0.5, 0.6) is 0 Å². The van der Waals surface area contributed by atoms with Crippen molar-refractivity contribution in [3.05, 3.63) is 57.6 Å². The standard InChI is InChI=1S/C21H22BrN3O3/c1-4-13(21(26)27)9-17-18(12-28-3)24-25-16(5-2)6-7-19(25)20(17)14-8-15(22)11-23-10-14/h6-11H,4-5,12H2,1-3H3,(H,26,27). The van der Waals surface area contributed by atoms with Gasteiger partial charge in [-0.25, -0.2) is 9.31 Å². The van der Waals surface area contributed by atoms with Crippen molar-refractivity contribution in [2.45, 2.75) is 33.3 Å². The molecule has 0 unspecified atom stereocenters. The number of methoxy groups -OCH3 is 1. The molecule has 0 fully saturated rings. The van der Waals surface area contributed by atoms with Crippen LogP contribution in [0.25, 0.3) is 22.7 Å². The fraction of sp³-hybridized carbons (Fsp3) is 0.286. The molecule has 0 aromatic carbocycles. The van der Waals surface area contributed by atoms with Crippen molar-refractivity contribution in [3.63, 3.8) is 0 Å². The molecule has 0 spiro atoms. The number of fused-ring (bicyclic) bond motifs is 1. The first-order valence-electron chi connectivity index (χ1n) is 9.07. The number of nitrogens with zero attached hydrogens (tertiary/aromatic N) is 3. The molecule has 7 heteroatoms. The van der Waals surface area contributed by atoms with Gasteiger partial charge in [-0.1, -0.05) is 13.8 Å². The van der Waals surface area contributed by atoms with Gasteiger partial charge in [-0.05, 0) is 53.0 Å². The number of pyridine rings is 1. The molecular weight excluding hydrogens is 422 g/mol. The average molecular weight is 444 g/mol. The lowest BCUT2D eigenvalue weighted by molar-refractivity contribution is -0.132. The molecule has 0 saturated carbocycles. The predicted octanol–water partition coefficient (Wildman–Crippen LogP) is 4.75. The highest BCUT2D eigenvalue weighted by molar-refractivity contribution is 9.10. The highest BCUT2D eigenvalue weighted by atomic mass is 79.9.